The quantitative estimate of drug-likeness (QED) is 0.697. The number of carbonyl (C=O) groups is 1. The molecule has 2 saturated heterocycles. The number of hydrogen-bond acceptors (Lipinski definition) is 2. The zero-order valence-electron chi connectivity index (χ0n) is 9.24. The smallest absolute Gasteiger partial charge is 0.228 e. The van der Waals surface area contributed by atoms with Gasteiger partial charge in [-0.2, -0.15) is 0 Å². The van der Waals surface area contributed by atoms with Gasteiger partial charge in [0.05, 0.1) is 5.92 Å². The molecule has 1 aliphatic carbocycles. The van der Waals surface area contributed by atoms with E-state index in [1.165, 1.54) is 32.1 Å². The van der Waals surface area contributed by atoms with Gasteiger partial charge in [-0.25, -0.2) is 0 Å². The molecular formula is C12H20N2O. The first-order valence-electron chi connectivity index (χ1n) is 6.37. The Morgan fingerprint density at radius 3 is 2.67 bits per heavy atom. The van der Waals surface area contributed by atoms with E-state index in [2.05, 4.69) is 10.2 Å². The molecule has 2 atom stereocenters. The van der Waals surface area contributed by atoms with Crippen LogP contribution < -0.4 is 5.32 Å². The van der Waals surface area contributed by atoms with Gasteiger partial charge >= 0.3 is 0 Å². The Balaban J connectivity index is 1.67. The maximum Gasteiger partial charge on any atom is 0.228 e. The van der Waals surface area contributed by atoms with E-state index >= 15 is 0 Å². The first kappa shape index (κ1) is 9.64. The van der Waals surface area contributed by atoms with Crippen LogP contribution in [0.2, 0.25) is 0 Å². The SMILES string of the molecule is O=C(C1CNC1)N1CCC2CCCCC21. The zero-order valence-corrected chi connectivity index (χ0v) is 9.24. The molecule has 15 heavy (non-hydrogen) atoms. The first-order chi connectivity index (χ1) is 7.36. The molecular weight excluding hydrogens is 188 g/mol. The number of amides is 1. The van der Waals surface area contributed by atoms with Crippen molar-refractivity contribution in [3.63, 3.8) is 0 Å². The van der Waals surface area contributed by atoms with Gasteiger partial charge in [0.25, 0.3) is 0 Å². The maximum absolute atomic E-state index is 12.2. The molecule has 1 saturated carbocycles. The Labute approximate surface area is 91.2 Å². The van der Waals surface area contributed by atoms with Crippen molar-refractivity contribution < 1.29 is 4.79 Å². The molecule has 2 heterocycles. The Morgan fingerprint density at radius 2 is 1.93 bits per heavy atom. The molecule has 3 heteroatoms. The van der Waals surface area contributed by atoms with Crippen molar-refractivity contribution in [3.8, 4) is 0 Å². The molecule has 3 nitrogen and oxygen atoms in total. The molecule has 0 aromatic rings. The van der Waals surface area contributed by atoms with Gasteiger partial charge in [0.1, 0.15) is 0 Å². The van der Waals surface area contributed by atoms with E-state index in [0.29, 0.717) is 17.9 Å². The number of hydrogen-bond donors (Lipinski definition) is 1. The van der Waals surface area contributed by atoms with Crippen LogP contribution >= 0.6 is 0 Å². The fraction of sp³-hybridized carbons (Fsp3) is 0.917. The van der Waals surface area contributed by atoms with Crippen LogP contribution in [0.25, 0.3) is 0 Å². The van der Waals surface area contributed by atoms with Crippen LogP contribution in [-0.4, -0.2) is 36.5 Å². The summed E-state index contributed by atoms with van der Waals surface area (Å²) in [7, 11) is 0. The van der Waals surface area contributed by atoms with E-state index in [4.69, 9.17) is 0 Å². The van der Waals surface area contributed by atoms with Crippen LogP contribution in [0, 0.1) is 11.8 Å². The second-order valence-corrected chi connectivity index (χ2v) is 5.29. The molecule has 3 rings (SSSR count). The van der Waals surface area contributed by atoms with Crippen LogP contribution in [0.1, 0.15) is 32.1 Å². The van der Waals surface area contributed by atoms with E-state index in [-0.39, 0.29) is 0 Å². The standard InChI is InChI=1S/C12H20N2O/c15-12(10-7-13-8-10)14-6-5-9-3-1-2-4-11(9)14/h9-11,13H,1-8H2. The summed E-state index contributed by atoms with van der Waals surface area (Å²) in [4.78, 5) is 14.4. The van der Waals surface area contributed by atoms with Gasteiger partial charge < -0.3 is 10.2 Å². The molecule has 0 spiro atoms. The van der Waals surface area contributed by atoms with Gasteiger partial charge in [-0.1, -0.05) is 12.8 Å². The molecule has 2 aliphatic heterocycles. The number of rotatable bonds is 1. The van der Waals surface area contributed by atoms with Gasteiger partial charge in [-0.15, -0.1) is 0 Å². The fourth-order valence-electron chi connectivity index (χ4n) is 3.38. The molecule has 84 valence electrons. The Bertz CT molecular complexity index is 262. The molecule has 1 N–H and O–H groups in total. The van der Waals surface area contributed by atoms with Gasteiger partial charge in [-0.05, 0) is 25.2 Å². The Hall–Kier alpha value is -0.570. The van der Waals surface area contributed by atoms with Crippen molar-refractivity contribution >= 4 is 5.91 Å². The average Bonchev–Trinajstić information content (AvgIpc) is 2.58. The van der Waals surface area contributed by atoms with Crippen molar-refractivity contribution in [3.05, 3.63) is 0 Å². The summed E-state index contributed by atoms with van der Waals surface area (Å²) in [6.07, 6.45) is 6.59. The molecule has 0 aromatic carbocycles. The molecule has 0 aromatic heterocycles. The zero-order chi connectivity index (χ0) is 10.3. The van der Waals surface area contributed by atoms with E-state index in [1.807, 2.05) is 0 Å². The third-order valence-electron chi connectivity index (χ3n) is 4.42. The van der Waals surface area contributed by atoms with E-state index in [0.717, 1.165) is 25.6 Å². The minimum atomic E-state index is 0.297. The summed E-state index contributed by atoms with van der Waals surface area (Å²) in [5, 5.41) is 3.19. The highest BCUT2D eigenvalue weighted by Crippen LogP contribution is 2.36. The van der Waals surface area contributed by atoms with Gasteiger partial charge in [0, 0.05) is 25.7 Å². The van der Waals surface area contributed by atoms with Gasteiger partial charge in [0.15, 0.2) is 0 Å². The number of fused-ring (bicyclic) bond motifs is 1. The molecule has 0 bridgehead atoms. The highest BCUT2D eigenvalue weighted by atomic mass is 16.2. The second kappa shape index (κ2) is 3.78. The summed E-state index contributed by atoms with van der Waals surface area (Å²) in [6.45, 7) is 2.85. The van der Waals surface area contributed by atoms with Crippen LogP contribution in [0.3, 0.4) is 0 Å². The minimum Gasteiger partial charge on any atom is -0.339 e. The molecule has 1 amide bonds. The summed E-state index contributed by atoms with van der Waals surface area (Å²) in [5.41, 5.74) is 0. The largest absolute Gasteiger partial charge is 0.339 e. The van der Waals surface area contributed by atoms with E-state index in [9.17, 15) is 4.79 Å². The summed E-state index contributed by atoms with van der Waals surface area (Å²) >= 11 is 0. The van der Waals surface area contributed by atoms with Crippen molar-refractivity contribution in [2.24, 2.45) is 11.8 Å². The summed E-state index contributed by atoms with van der Waals surface area (Å²) in [5.74, 6) is 1.56. The third kappa shape index (κ3) is 1.57. The van der Waals surface area contributed by atoms with Crippen molar-refractivity contribution in [2.45, 2.75) is 38.1 Å². The molecule has 2 unspecified atom stereocenters. The highest BCUT2D eigenvalue weighted by Gasteiger charge is 2.41. The van der Waals surface area contributed by atoms with Crippen molar-refractivity contribution in [1.29, 1.82) is 0 Å². The highest BCUT2D eigenvalue weighted by molar-refractivity contribution is 5.80. The molecule has 3 aliphatic rings. The predicted molar refractivity (Wildman–Crippen MR) is 58.4 cm³/mol. The molecule has 3 fully saturated rings. The summed E-state index contributed by atoms with van der Waals surface area (Å²) < 4.78 is 0. The Morgan fingerprint density at radius 1 is 1.13 bits per heavy atom. The lowest BCUT2D eigenvalue weighted by atomic mass is 9.85. The minimum absolute atomic E-state index is 0.297. The van der Waals surface area contributed by atoms with Crippen LogP contribution in [0.4, 0.5) is 0 Å². The summed E-state index contributed by atoms with van der Waals surface area (Å²) in [6, 6.07) is 0.604. The van der Waals surface area contributed by atoms with Gasteiger partial charge in [-0.3, -0.25) is 4.79 Å². The lowest BCUT2D eigenvalue weighted by Gasteiger charge is -2.36. The topological polar surface area (TPSA) is 32.3 Å². The number of nitrogens with one attached hydrogen (secondary N) is 1. The Kier molecular flexibility index (Phi) is 2.43. The van der Waals surface area contributed by atoms with E-state index < -0.39 is 0 Å². The van der Waals surface area contributed by atoms with Crippen molar-refractivity contribution in [2.75, 3.05) is 19.6 Å². The lowest BCUT2D eigenvalue weighted by molar-refractivity contribution is -0.138. The number of likely N-dealkylation sites (tertiary alicyclic amines) is 1. The molecule has 0 radical (unpaired) electrons. The predicted octanol–water partition coefficient (Wildman–Crippen LogP) is 0.997. The van der Waals surface area contributed by atoms with Crippen LogP contribution in [-0.2, 0) is 4.79 Å². The maximum atomic E-state index is 12.2. The monoisotopic (exact) mass is 208 g/mol. The fourth-order valence-corrected chi connectivity index (χ4v) is 3.38. The average molecular weight is 208 g/mol. The number of carbonyl (C=O) groups excluding carboxylic acids is 1. The van der Waals surface area contributed by atoms with E-state index in [1.54, 1.807) is 0 Å². The normalized spacial score (nSPS) is 36.1. The third-order valence-corrected chi connectivity index (χ3v) is 4.42. The lowest BCUT2D eigenvalue weighted by Crippen LogP contribution is -2.53. The van der Waals surface area contributed by atoms with Crippen molar-refractivity contribution in [1.82, 2.24) is 10.2 Å². The second-order valence-electron chi connectivity index (χ2n) is 5.29. The number of nitrogens with zero attached hydrogens (tertiary/aromatic N) is 1. The van der Waals surface area contributed by atoms with Crippen LogP contribution in [0.5, 0.6) is 0 Å². The van der Waals surface area contributed by atoms with Crippen LogP contribution in [0.15, 0.2) is 0 Å². The van der Waals surface area contributed by atoms with Gasteiger partial charge in [0.2, 0.25) is 5.91 Å². The first-order valence-corrected chi connectivity index (χ1v) is 6.37.